The van der Waals surface area contributed by atoms with Crippen molar-refractivity contribution < 1.29 is 13.2 Å². The lowest BCUT2D eigenvalue weighted by molar-refractivity contribution is -0.114. The van der Waals surface area contributed by atoms with Crippen molar-refractivity contribution in [3.63, 3.8) is 0 Å². The molecular weight excluding hydrogens is 426 g/mol. The van der Waals surface area contributed by atoms with Crippen LogP contribution in [0, 0.1) is 6.92 Å². The van der Waals surface area contributed by atoms with Gasteiger partial charge in [-0.15, -0.1) is 23.1 Å². The number of thioether (sulfide) groups is 1. The summed E-state index contributed by atoms with van der Waals surface area (Å²) in [4.78, 5) is 18.1. The highest BCUT2D eigenvalue weighted by Crippen LogP contribution is 2.27. The first-order valence-electron chi connectivity index (χ1n) is 8.71. The average Bonchev–Trinajstić information content (AvgIpc) is 3.14. The van der Waals surface area contributed by atoms with E-state index in [2.05, 4.69) is 10.3 Å². The van der Waals surface area contributed by atoms with Crippen LogP contribution in [0.4, 0.5) is 10.8 Å². The van der Waals surface area contributed by atoms with E-state index < -0.39 is 15.9 Å². The zero-order valence-electron chi connectivity index (χ0n) is 16.2. The first-order chi connectivity index (χ1) is 13.8. The Morgan fingerprint density at radius 2 is 1.86 bits per heavy atom. The van der Waals surface area contributed by atoms with Gasteiger partial charge in [0, 0.05) is 15.8 Å². The van der Waals surface area contributed by atoms with E-state index in [1.165, 1.54) is 11.3 Å². The Morgan fingerprint density at radius 1 is 1.17 bits per heavy atom. The number of sulfonamides is 1. The molecule has 9 heteroatoms. The number of aromatic nitrogens is 1. The molecule has 29 heavy (non-hydrogen) atoms. The van der Waals surface area contributed by atoms with Crippen molar-refractivity contribution in [2.75, 3.05) is 28.7 Å². The molecule has 152 valence electrons. The van der Waals surface area contributed by atoms with Gasteiger partial charge in [-0.2, -0.15) is 0 Å². The highest BCUT2D eigenvalue weighted by atomic mass is 32.2. The number of hydrogen-bond acceptors (Lipinski definition) is 6. The summed E-state index contributed by atoms with van der Waals surface area (Å²) in [6, 6.07) is 15.1. The van der Waals surface area contributed by atoms with Crippen molar-refractivity contribution >= 4 is 49.8 Å². The van der Waals surface area contributed by atoms with Gasteiger partial charge in [0.2, 0.25) is 15.9 Å². The average molecular weight is 448 g/mol. The third kappa shape index (κ3) is 5.37. The molecule has 0 fully saturated rings. The Labute approximate surface area is 179 Å². The van der Waals surface area contributed by atoms with Crippen LogP contribution in [0.2, 0.25) is 0 Å². The Morgan fingerprint density at radius 3 is 2.48 bits per heavy atom. The monoisotopic (exact) mass is 447 g/mol. The zero-order chi connectivity index (χ0) is 21.0. The van der Waals surface area contributed by atoms with Crippen molar-refractivity contribution in [3.8, 4) is 11.3 Å². The van der Waals surface area contributed by atoms with E-state index in [4.69, 9.17) is 0 Å². The number of carbonyl (C=O) groups is 1. The molecule has 0 aliphatic carbocycles. The Hall–Kier alpha value is -2.36. The number of hydrogen-bond donors (Lipinski definition) is 1. The molecule has 0 bridgehead atoms. The van der Waals surface area contributed by atoms with Gasteiger partial charge in [0.15, 0.2) is 5.13 Å². The highest BCUT2D eigenvalue weighted by Gasteiger charge is 2.22. The van der Waals surface area contributed by atoms with Crippen LogP contribution in [0.3, 0.4) is 0 Å². The van der Waals surface area contributed by atoms with Crippen molar-refractivity contribution in [3.05, 3.63) is 59.5 Å². The van der Waals surface area contributed by atoms with Crippen LogP contribution in [0.1, 0.15) is 5.56 Å². The highest BCUT2D eigenvalue weighted by molar-refractivity contribution is 7.98. The molecule has 1 heterocycles. The normalized spacial score (nSPS) is 11.3. The maximum absolute atomic E-state index is 12.5. The lowest BCUT2D eigenvalue weighted by Crippen LogP contribution is -2.37. The fraction of sp³-hybridized carbons (Fsp3) is 0.200. The third-order valence-electron chi connectivity index (χ3n) is 4.21. The molecule has 0 aliphatic heterocycles. The van der Waals surface area contributed by atoms with Crippen LogP contribution in [0.15, 0.2) is 58.8 Å². The minimum Gasteiger partial charge on any atom is -0.300 e. The predicted octanol–water partition coefficient (Wildman–Crippen LogP) is 4.25. The molecule has 0 saturated carbocycles. The summed E-state index contributed by atoms with van der Waals surface area (Å²) >= 11 is 2.96. The number of para-hydroxylation sites is 1. The van der Waals surface area contributed by atoms with Crippen LogP contribution in [-0.4, -0.2) is 38.4 Å². The molecule has 0 atom stereocenters. The standard InChI is InChI=1S/C20H21N3O3S3/c1-14-6-4-5-7-18(14)23(29(3,25)26)12-19(24)22-20-21-17(13-28-20)15-8-10-16(27-2)11-9-15/h4-11,13H,12H2,1-3H3,(H,21,22,24). The molecule has 0 saturated heterocycles. The lowest BCUT2D eigenvalue weighted by Gasteiger charge is -2.23. The van der Waals surface area contributed by atoms with E-state index in [1.807, 2.05) is 42.0 Å². The second-order valence-corrected chi connectivity index (χ2v) is 10.0. The summed E-state index contributed by atoms with van der Waals surface area (Å²) in [5.41, 5.74) is 2.98. The SMILES string of the molecule is CSc1ccc(-c2csc(NC(=O)CN(c3ccccc3C)S(C)(=O)=O)n2)cc1. The molecule has 1 aromatic heterocycles. The number of carbonyl (C=O) groups excluding carboxylic acids is 1. The number of rotatable bonds is 7. The molecule has 0 radical (unpaired) electrons. The molecule has 1 N–H and O–H groups in total. The smallest absolute Gasteiger partial charge is 0.246 e. The van der Waals surface area contributed by atoms with Crippen molar-refractivity contribution in [2.45, 2.75) is 11.8 Å². The van der Waals surface area contributed by atoms with Gasteiger partial charge in [-0.1, -0.05) is 30.3 Å². The molecule has 3 rings (SSSR count). The quantitative estimate of drug-likeness (QED) is 0.548. The molecule has 0 unspecified atom stereocenters. The van der Waals surface area contributed by atoms with Crippen LogP contribution in [0.5, 0.6) is 0 Å². The molecule has 2 aromatic carbocycles. The molecular formula is C20H21N3O3S3. The molecule has 6 nitrogen and oxygen atoms in total. The number of amides is 1. The van der Waals surface area contributed by atoms with Gasteiger partial charge < -0.3 is 5.32 Å². The van der Waals surface area contributed by atoms with E-state index in [9.17, 15) is 13.2 Å². The first-order valence-corrected chi connectivity index (χ1v) is 12.7. The largest absolute Gasteiger partial charge is 0.300 e. The van der Waals surface area contributed by atoms with Gasteiger partial charge in [0.05, 0.1) is 17.6 Å². The Kier molecular flexibility index (Phi) is 6.61. The van der Waals surface area contributed by atoms with Crippen LogP contribution < -0.4 is 9.62 Å². The number of anilines is 2. The van der Waals surface area contributed by atoms with Crippen LogP contribution >= 0.6 is 23.1 Å². The lowest BCUT2D eigenvalue weighted by atomic mass is 10.2. The zero-order valence-corrected chi connectivity index (χ0v) is 18.7. The summed E-state index contributed by atoms with van der Waals surface area (Å²) < 4.78 is 25.6. The van der Waals surface area contributed by atoms with Gasteiger partial charge in [0.1, 0.15) is 6.54 Å². The summed E-state index contributed by atoms with van der Waals surface area (Å²) in [6.07, 6.45) is 3.11. The molecule has 0 spiro atoms. The van der Waals surface area contributed by atoms with E-state index in [0.717, 1.165) is 32.3 Å². The Balaban J connectivity index is 1.74. The van der Waals surface area contributed by atoms with E-state index >= 15 is 0 Å². The second kappa shape index (κ2) is 8.98. The Bertz CT molecular complexity index is 1110. The molecule has 1 amide bonds. The summed E-state index contributed by atoms with van der Waals surface area (Å²) in [6.45, 7) is 1.49. The fourth-order valence-corrected chi connectivity index (χ4v) is 4.80. The second-order valence-electron chi connectivity index (χ2n) is 6.37. The summed E-state index contributed by atoms with van der Waals surface area (Å²) in [7, 11) is -3.62. The third-order valence-corrected chi connectivity index (χ3v) is 6.84. The first kappa shape index (κ1) is 21.4. The van der Waals surface area contributed by atoms with Gasteiger partial charge in [-0.05, 0) is 36.9 Å². The number of benzene rings is 2. The van der Waals surface area contributed by atoms with E-state index in [1.54, 1.807) is 36.9 Å². The number of thiazole rings is 1. The topological polar surface area (TPSA) is 79.4 Å². The summed E-state index contributed by atoms with van der Waals surface area (Å²) in [5, 5.41) is 4.99. The number of aryl methyl sites for hydroxylation is 1. The number of nitrogens with zero attached hydrogens (tertiary/aromatic N) is 2. The van der Waals surface area contributed by atoms with Crippen molar-refractivity contribution in [1.82, 2.24) is 4.98 Å². The van der Waals surface area contributed by atoms with Gasteiger partial charge >= 0.3 is 0 Å². The summed E-state index contributed by atoms with van der Waals surface area (Å²) in [5.74, 6) is -0.447. The molecule has 0 aliphatic rings. The van der Waals surface area contributed by atoms with Gasteiger partial charge in [0.25, 0.3) is 0 Å². The molecule has 3 aromatic rings. The van der Waals surface area contributed by atoms with Crippen molar-refractivity contribution in [2.24, 2.45) is 0 Å². The minimum absolute atomic E-state index is 0.318. The fourth-order valence-electron chi connectivity index (χ4n) is 2.74. The van der Waals surface area contributed by atoms with Gasteiger partial charge in [-0.25, -0.2) is 13.4 Å². The van der Waals surface area contributed by atoms with Crippen LogP contribution in [0.25, 0.3) is 11.3 Å². The van der Waals surface area contributed by atoms with Gasteiger partial charge in [-0.3, -0.25) is 9.10 Å². The minimum atomic E-state index is -3.62. The van der Waals surface area contributed by atoms with Crippen molar-refractivity contribution in [1.29, 1.82) is 0 Å². The van der Waals surface area contributed by atoms with E-state index in [-0.39, 0.29) is 6.54 Å². The predicted molar refractivity (Wildman–Crippen MR) is 121 cm³/mol. The van der Waals surface area contributed by atoms with E-state index in [0.29, 0.717) is 10.8 Å². The number of nitrogens with one attached hydrogen (secondary N) is 1. The van der Waals surface area contributed by atoms with Crippen LogP contribution in [-0.2, 0) is 14.8 Å². The maximum atomic E-state index is 12.5. The maximum Gasteiger partial charge on any atom is 0.246 e.